The summed E-state index contributed by atoms with van der Waals surface area (Å²) in [6, 6.07) is 0. The zero-order chi connectivity index (χ0) is 12.5. The van der Waals surface area contributed by atoms with E-state index in [1.54, 1.807) is 0 Å². The predicted molar refractivity (Wildman–Crippen MR) is 75.2 cm³/mol. The Labute approximate surface area is 106 Å². The molecule has 0 saturated heterocycles. The highest BCUT2D eigenvalue weighted by atomic mass is 15.3. The second-order valence-corrected chi connectivity index (χ2v) is 4.79. The summed E-state index contributed by atoms with van der Waals surface area (Å²) in [7, 11) is 0. The maximum absolute atomic E-state index is 5.91. The second kappa shape index (κ2) is 8.43. The van der Waals surface area contributed by atoms with Gasteiger partial charge in [0.15, 0.2) is 0 Å². The summed E-state index contributed by atoms with van der Waals surface area (Å²) in [5, 5.41) is 0. The highest BCUT2D eigenvalue weighted by Gasteiger charge is 2.22. The van der Waals surface area contributed by atoms with Crippen molar-refractivity contribution >= 4 is 6.21 Å². The fourth-order valence-corrected chi connectivity index (χ4v) is 2.14. The number of hydrogen-bond acceptors (Lipinski definition) is 3. The van der Waals surface area contributed by atoms with Gasteiger partial charge in [0.2, 0.25) is 0 Å². The molecule has 0 saturated carbocycles. The monoisotopic (exact) mass is 237 g/mol. The number of nitrogens with two attached hydrogens (primary N) is 1. The first-order valence-corrected chi connectivity index (χ1v) is 6.93. The molecule has 0 aromatic carbocycles. The summed E-state index contributed by atoms with van der Waals surface area (Å²) in [6.45, 7) is 5.17. The van der Waals surface area contributed by atoms with E-state index in [0.717, 1.165) is 13.0 Å². The van der Waals surface area contributed by atoms with Crippen LogP contribution in [0.1, 0.15) is 52.4 Å². The van der Waals surface area contributed by atoms with Crippen LogP contribution in [0.25, 0.3) is 0 Å². The minimum Gasteiger partial charge on any atom is -0.316 e. The van der Waals surface area contributed by atoms with Crippen molar-refractivity contribution < 1.29 is 0 Å². The van der Waals surface area contributed by atoms with Crippen molar-refractivity contribution in [3.05, 3.63) is 12.2 Å². The fraction of sp³-hybridized carbons (Fsp3) is 0.786. The Balaban J connectivity index is 2.08. The van der Waals surface area contributed by atoms with Crippen molar-refractivity contribution in [2.75, 3.05) is 6.54 Å². The molecule has 17 heavy (non-hydrogen) atoms. The molecule has 0 aliphatic carbocycles. The summed E-state index contributed by atoms with van der Waals surface area (Å²) < 4.78 is 0. The number of unbranched alkanes of at least 4 members (excludes halogenated alkanes) is 3. The number of allylic oxidation sites excluding steroid dienone is 2. The summed E-state index contributed by atoms with van der Waals surface area (Å²) in [6.07, 6.45) is 14.3. The molecule has 1 heterocycles. The number of nitrogens with zero attached hydrogens (tertiary/aromatic N) is 2. The van der Waals surface area contributed by atoms with Crippen LogP contribution in [0.5, 0.6) is 0 Å². The molecule has 98 valence electrons. The van der Waals surface area contributed by atoms with E-state index in [2.05, 4.69) is 29.0 Å². The Morgan fingerprint density at radius 1 is 1.41 bits per heavy atom. The highest BCUT2D eigenvalue weighted by Crippen LogP contribution is 2.16. The first-order valence-electron chi connectivity index (χ1n) is 6.93. The van der Waals surface area contributed by atoms with Crippen LogP contribution >= 0.6 is 0 Å². The third-order valence-corrected chi connectivity index (χ3v) is 3.18. The molecule has 3 nitrogen and oxygen atoms in total. The van der Waals surface area contributed by atoms with E-state index in [4.69, 9.17) is 5.73 Å². The molecule has 1 rings (SSSR count). The Bertz CT molecular complexity index is 246. The van der Waals surface area contributed by atoms with Gasteiger partial charge in [-0.25, -0.2) is 0 Å². The lowest BCUT2D eigenvalue weighted by Gasteiger charge is -2.26. The largest absolute Gasteiger partial charge is 0.316 e. The first-order chi connectivity index (χ1) is 8.25. The van der Waals surface area contributed by atoms with Gasteiger partial charge in [-0.3, -0.25) is 9.89 Å². The van der Waals surface area contributed by atoms with Gasteiger partial charge in [-0.15, -0.1) is 0 Å². The van der Waals surface area contributed by atoms with Crippen LogP contribution in [0.3, 0.4) is 0 Å². The van der Waals surface area contributed by atoms with Gasteiger partial charge >= 0.3 is 0 Å². The van der Waals surface area contributed by atoms with Crippen molar-refractivity contribution in [2.45, 2.75) is 64.7 Å². The van der Waals surface area contributed by atoms with Crippen LogP contribution in [0, 0.1) is 0 Å². The van der Waals surface area contributed by atoms with Crippen molar-refractivity contribution in [3.63, 3.8) is 0 Å². The van der Waals surface area contributed by atoms with E-state index in [0.29, 0.717) is 6.17 Å². The van der Waals surface area contributed by atoms with E-state index in [-0.39, 0.29) is 6.17 Å². The molecule has 0 aromatic heterocycles. The van der Waals surface area contributed by atoms with Gasteiger partial charge in [0.05, 0.1) is 6.17 Å². The molecule has 0 fully saturated rings. The van der Waals surface area contributed by atoms with Gasteiger partial charge in [0.1, 0.15) is 6.17 Å². The molecular formula is C14H27N3. The summed E-state index contributed by atoms with van der Waals surface area (Å²) in [5.41, 5.74) is 5.91. The van der Waals surface area contributed by atoms with Crippen LogP contribution in [0.2, 0.25) is 0 Å². The number of hydrogen-bond donors (Lipinski definition) is 1. The Hall–Kier alpha value is -0.670. The van der Waals surface area contributed by atoms with E-state index in [1.807, 2.05) is 13.1 Å². The maximum Gasteiger partial charge on any atom is 0.103 e. The minimum atomic E-state index is 0.118. The molecule has 1 aliphatic heterocycles. The van der Waals surface area contributed by atoms with Crippen LogP contribution in [0.4, 0.5) is 0 Å². The molecule has 0 spiro atoms. The summed E-state index contributed by atoms with van der Waals surface area (Å²) in [5.74, 6) is 0. The third-order valence-electron chi connectivity index (χ3n) is 3.18. The van der Waals surface area contributed by atoms with E-state index in [1.165, 1.54) is 32.1 Å². The van der Waals surface area contributed by atoms with Crippen LogP contribution in [-0.2, 0) is 0 Å². The Morgan fingerprint density at radius 3 is 2.88 bits per heavy atom. The van der Waals surface area contributed by atoms with Crippen molar-refractivity contribution in [3.8, 4) is 0 Å². The standard InChI is InChI=1S/C14H27N3/c1-3-4-5-6-7-8-9-10-14-16-11-12-17(14)13(2)15/h5-6,11,13-14H,3-4,7-10,12,15H2,1-2H3/b6-5+. The maximum atomic E-state index is 5.91. The molecule has 2 unspecified atom stereocenters. The average Bonchev–Trinajstić information content (AvgIpc) is 2.76. The topological polar surface area (TPSA) is 41.6 Å². The van der Waals surface area contributed by atoms with Gasteiger partial charge in [-0.2, -0.15) is 0 Å². The quantitative estimate of drug-likeness (QED) is 0.521. The molecule has 2 atom stereocenters. The molecule has 0 aromatic rings. The van der Waals surface area contributed by atoms with Crippen molar-refractivity contribution in [2.24, 2.45) is 10.7 Å². The van der Waals surface area contributed by atoms with Gasteiger partial charge in [-0.05, 0) is 39.0 Å². The summed E-state index contributed by atoms with van der Waals surface area (Å²) >= 11 is 0. The smallest absolute Gasteiger partial charge is 0.103 e. The van der Waals surface area contributed by atoms with Gasteiger partial charge in [0, 0.05) is 12.8 Å². The molecule has 0 radical (unpaired) electrons. The van der Waals surface area contributed by atoms with Gasteiger partial charge < -0.3 is 5.73 Å². The Kier molecular flexibility index (Phi) is 7.13. The average molecular weight is 237 g/mol. The highest BCUT2D eigenvalue weighted by molar-refractivity contribution is 5.62. The van der Waals surface area contributed by atoms with E-state index >= 15 is 0 Å². The van der Waals surface area contributed by atoms with Crippen molar-refractivity contribution in [1.82, 2.24) is 4.90 Å². The minimum absolute atomic E-state index is 0.118. The first kappa shape index (κ1) is 14.4. The van der Waals surface area contributed by atoms with Crippen LogP contribution in [0.15, 0.2) is 17.1 Å². The van der Waals surface area contributed by atoms with Crippen LogP contribution < -0.4 is 5.73 Å². The van der Waals surface area contributed by atoms with E-state index in [9.17, 15) is 0 Å². The summed E-state index contributed by atoms with van der Waals surface area (Å²) in [4.78, 5) is 6.75. The zero-order valence-corrected chi connectivity index (χ0v) is 11.3. The molecular weight excluding hydrogens is 210 g/mol. The van der Waals surface area contributed by atoms with Gasteiger partial charge in [-0.1, -0.05) is 25.5 Å². The van der Waals surface area contributed by atoms with E-state index < -0.39 is 0 Å². The van der Waals surface area contributed by atoms with Crippen LogP contribution in [-0.4, -0.2) is 30.0 Å². The molecule has 1 aliphatic rings. The zero-order valence-electron chi connectivity index (χ0n) is 11.3. The lowest BCUT2D eigenvalue weighted by molar-refractivity contribution is 0.182. The molecule has 3 heteroatoms. The molecule has 2 N–H and O–H groups in total. The van der Waals surface area contributed by atoms with Crippen molar-refractivity contribution in [1.29, 1.82) is 0 Å². The second-order valence-electron chi connectivity index (χ2n) is 4.79. The lowest BCUT2D eigenvalue weighted by atomic mass is 10.1. The Morgan fingerprint density at radius 2 is 2.18 bits per heavy atom. The molecule has 0 amide bonds. The predicted octanol–water partition coefficient (Wildman–Crippen LogP) is 2.92. The van der Waals surface area contributed by atoms with Gasteiger partial charge in [0.25, 0.3) is 0 Å². The SMILES string of the molecule is CCC/C=C/CCCCC1N=CCN1C(C)N. The normalized spacial score (nSPS) is 22.6. The number of aliphatic imine (C=N–C) groups is 1. The third kappa shape index (κ3) is 5.46. The number of rotatable bonds is 8. The lowest BCUT2D eigenvalue weighted by Crippen LogP contribution is -2.43. The fourth-order valence-electron chi connectivity index (χ4n) is 2.14. The molecule has 0 bridgehead atoms.